The summed E-state index contributed by atoms with van der Waals surface area (Å²) in [6, 6.07) is 5.89. The lowest BCUT2D eigenvalue weighted by Gasteiger charge is -2.05. The minimum atomic E-state index is -0.0344. The molecule has 2 aromatic rings. The molecule has 1 aromatic carbocycles. The second-order valence-corrected chi connectivity index (χ2v) is 4.45. The Labute approximate surface area is 126 Å². The summed E-state index contributed by atoms with van der Waals surface area (Å²) in [5, 5.41) is 3.90. The number of hydrogen-bond donors (Lipinski definition) is 2. The zero-order valence-corrected chi connectivity index (χ0v) is 13.2. The van der Waals surface area contributed by atoms with Crippen LogP contribution >= 0.6 is 0 Å². The molecular formula is C17H24N2O2. The lowest BCUT2D eigenvalue weighted by molar-refractivity contribution is -0.119. The van der Waals surface area contributed by atoms with Crippen LogP contribution in [0, 0.1) is 6.92 Å². The van der Waals surface area contributed by atoms with Crippen molar-refractivity contribution < 1.29 is 9.53 Å². The summed E-state index contributed by atoms with van der Waals surface area (Å²) in [5.41, 5.74) is 3.20. The first kappa shape index (κ1) is 16.8. The van der Waals surface area contributed by atoms with Gasteiger partial charge in [0.25, 0.3) is 0 Å². The predicted molar refractivity (Wildman–Crippen MR) is 87.6 cm³/mol. The van der Waals surface area contributed by atoms with Crippen LogP contribution in [0.2, 0.25) is 0 Å². The molecule has 1 amide bonds. The molecule has 21 heavy (non-hydrogen) atoms. The van der Waals surface area contributed by atoms with Crippen LogP contribution in [0.4, 0.5) is 0 Å². The molecule has 1 aromatic heterocycles. The van der Waals surface area contributed by atoms with Crippen molar-refractivity contribution in [2.75, 3.05) is 6.61 Å². The molecule has 0 atom stereocenters. The zero-order valence-electron chi connectivity index (χ0n) is 13.2. The van der Waals surface area contributed by atoms with Gasteiger partial charge in [0.1, 0.15) is 12.4 Å². The van der Waals surface area contributed by atoms with Crippen molar-refractivity contribution in [2.24, 2.45) is 0 Å². The van der Waals surface area contributed by atoms with E-state index in [0.717, 1.165) is 27.9 Å². The van der Waals surface area contributed by atoms with Crippen molar-refractivity contribution in [3.8, 4) is 5.75 Å². The maximum Gasteiger partial charge on any atom is 0.217 e. The Morgan fingerprint density at radius 2 is 2.14 bits per heavy atom. The number of rotatable bonds is 5. The van der Waals surface area contributed by atoms with E-state index in [2.05, 4.69) is 16.9 Å². The van der Waals surface area contributed by atoms with Crippen molar-refractivity contribution in [3.63, 3.8) is 0 Å². The summed E-state index contributed by atoms with van der Waals surface area (Å²) in [6.45, 7) is 12.2. The molecule has 0 saturated heterocycles. The van der Waals surface area contributed by atoms with Crippen LogP contribution < -0.4 is 10.1 Å². The summed E-state index contributed by atoms with van der Waals surface area (Å²) in [4.78, 5) is 14.3. The van der Waals surface area contributed by atoms with Gasteiger partial charge >= 0.3 is 0 Å². The fourth-order valence-corrected chi connectivity index (χ4v) is 2.05. The highest BCUT2D eigenvalue weighted by molar-refractivity contribution is 5.86. The van der Waals surface area contributed by atoms with Crippen molar-refractivity contribution in [2.45, 2.75) is 34.2 Å². The van der Waals surface area contributed by atoms with Crippen molar-refractivity contribution in [3.05, 3.63) is 42.1 Å². The third-order valence-electron chi connectivity index (χ3n) is 2.97. The number of carbonyl (C=O) groups is 1. The minimum absolute atomic E-state index is 0.0344. The van der Waals surface area contributed by atoms with E-state index in [4.69, 9.17) is 4.74 Å². The molecule has 4 nitrogen and oxygen atoms in total. The highest BCUT2D eigenvalue weighted by Gasteiger charge is 2.09. The molecule has 1 heterocycles. The second-order valence-electron chi connectivity index (χ2n) is 4.45. The van der Waals surface area contributed by atoms with Gasteiger partial charge in [-0.1, -0.05) is 26.5 Å². The van der Waals surface area contributed by atoms with Gasteiger partial charge in [0.15, 0.2) is 0 Å². The third kappa shape index (κ3) is 4.38. The van der Waals surface area contributed by atoms with E-state index in [9.17, 15) is 4.79 Å². The maximum absolute atomic E-state index is 11.0. The van der Waals surface area contributed by atoms with Crippen molar-refractivity contribution in [1.82, 2.24) is 10.3 Å². The quantitative estimate of drug-likeness (QED) is 0.824. The molecule has 0 fully saturated rings. The number of nitrogens with one attached hydrogen (secondary N) is 2. The van der Waals surface area contributed by atoms with Crippen LogP contribution in [-0.4, -0.2) is 17.5 Å². The lowest BCUT2D eigenvalue weighted by atomic mass is 10.1. The van der Waals surface area contributed by atoms with E-state index in [1.807, 2.05) is 39.0 Å². The van der Waals surface area contributed by atoms with E-state index in [1.165, 1.54) is 6.92 Å². The van der Waals surface area contributed by atoms with Crippen LogP contribution in [0.15, 0.2) is 30.9 Å². The first-order valence-corrected chi connectivity index (χ1v) is 7.21. The van der Waals surface area contributed by atoms with Gasteiger partial charge < -0.3 is 15.0 Å². The van der Waals surface area contributed by atoms with Gasteiger partial charge in [-0.25, -0.2) is 0 Å². The normalized spacial score (nSPS) is 9.71. The average Bonchev–Trinajstić information content (AvgIpc) is 2.79. The maximum atomic E-state index is 11.0. The number of aromatic amines is 1. The number of fused-ring (bicyclic) bond motifs is 1. The van der Waals surface area contributed by atoms with Crippen LogP contribution in [0.3, 0.4) is 0 Å². The van der Waals surface area contributed by atoms with Gasteiger partial charge in [0.05, 0.1) is 0 Å². The third-order valence-corrected chi connectivity index (χ3v) is 2.97. The summed E-state index contributed by atoms with van der Waals surface area (Å²) in [7, 11) is 0. The standard InChI is InChI=1S/C15H18N2O2.C2H6/c1-4-7-19-12-5-6-15-13(8-12)14(10(2)17-15)9-16-11(3)18;1-2/h4-6,8,17H,1,7,9H2,2-3H3,(H,16,18);1-2H3. The zero-order chi connectivity index (χ0) is 15.8. The van der Waals surface area contributed by atoms with Gasteiger partial charge in [-0.15, -0.1) is 0 Å². The SMILES string of the molecule is C=CCOc1ccc2[nH]c(C)c(CNC(C)=O)c2c1.CC. The summed E-state index contributed by atoms with van der Waals surface area (Å²) in [5.74, 6) is 0.767. The highest BCUT2D eigenvalue weighted by atomic mass is 16.5. The molecule has 4 heteroatoms. The monoisotopic (exact) mass is 288 g/mol. The van der Waals surface area contributed by atoms with Gasteiger partial charge in [-0.05, 0) is 30.7 Å². The van der Waals surface area contributed by atoms with Crippen LogP contribution in [-0.2, 0) is 11.3 Å². The number of benzene rings is 1. The van der Waals surface area contributed by atoms with Crippen molar-refractivity contribution in [1.29, 1.82) is 0 Å². The van der Waals surface area contributed by atoms with Gasteiger partial charge in [-0.3, -0.25) is 4.79 Å². The van der Waals surface area contributed by atoms with Crippen LogP contribution in [0.1, 0.15) is 32.0 Å². The molecule has 0 saturated carbocycles. The number of H-pyrrole nitrogens is 1. The molecular weight excluding hydrogens is 264 g/mol. The number of aryl methyl sites for hydroxylation is 1. The Hall–Kier alpha value is -2.23. The van der Waals surface area contributed by atoms with E-state index in [1.54, 1.807) is 6.08 Å². The molecule has 0 aliphatic heterocycles. The molecule has 0 bridgehead atoms. The molecule has 0 radical (unpaired) electrons. The number of aromatic nitrogens is 1. The number of carbonyl (C=O) groups excluding carboxylic acids is 1. The Balaban J connectivity index is 0.00000106. The van der Waals surface area contributed by atoms with E-state index >= 15 is 0 Å². The van der Waals surface area contributed by atoms with E-state index in [-0.39, 0.29) is 5.91 Å². The number of hydrogen-bond acceptors (Lipinski definition) is 2. The molecule has 2 N–H and O–H groups in total. The molecule has 0 aliphatic rings. The van der Waals surface area contributed by atoms with Crippen molar-refractivity contribution >= 4 is 16.8 Å². The predicted octanol–water partition coefficient (Wildman–Crippen LogP) is 3.70. The Morgan fingerprint density at radius 1 is 1.43 bits per heavy atom. The van der Waals surface area contributed by atoms with E-state index in [0.29, 0.717) is 13.2 Å². The van der Waals surface area contributed by atoms with Crippen LogP contribution in [0.5, 0.6) is 5.75 Å². The summed E-state index contributed by atoms with van der Waals surface area (Å²) >= 11 is 0. The fourth-order valence-electron chi connectivity index (χ4n) is 2.05. The van der Waals surface area contributed by atoms with Gasteiger partial charge in [0.2, 0.25) is 5.91 Å². The van der Waals surface area contributed by atoms with Crippen LogP contribution in [0.25, 0.3) is 10.9 Å². The molecule has 2 rings (SSSR count). The Morgan fingerprint density at radius 3 is 2.76 bits per heavy atom. The summed E-state index contributed by atoms with van der Waals surface area (Å²) < 4.78 is 5.53. The second kappa shape index (κ2) is 8.15. The minimum Gasteiger partial charge on any atom is -0.490 e. The Bertz CT molecular complexity index is 615. The molecule has 0 spiro atoms. The Kier molecular flexibility index (Phi) is 6.53. The first-order valence-electron chi connectivity index (χ1n) is 7.21. The van der Waals surface area contributed by atoms with Gasteiger partial charge in [0, 0.05) is 30.1 Å². The lowest BCUT2D eigenvalue weighted by Crippen LogP contribution is -2.19. The largest absolute Gasteiger partial charge is 0.490 e. The highest BCUT2D eigenvalue weighted by Crippen LogP contribution is 2.26. The molecule has 0 unspecified atom stereocenters. The van der Waals surface area contributed by atoms with Gasteiger partial charge in [-0.2, -0.15) is 0 Å². The number of ether oxygens (including phenoxy) is 1. The molecule has 114 valence electrons. The summed E-state index contributed by atoms with van der Waals surface area (Å²) in [6.07, 6.45) is 1.71. The average molecular weight is 288 g/mol. The van der Waals surface area contributed by atoms with E-state index < -0.39 is 0 Å². The first-order chi connectivity index (χ1) is 10.1. The fraction of sp³-hybridized carbons (Fsp3) is 0.353. The number of amides is 1. The topological polar surface area (TPSA) is 54.1 Å². The smallest absolute Gasteiger partial charge is 0.217 e. The molecule has 0 aliphatic carbocycles.